The highest BCUT2D eigenvalue weighted by molar-refractivity contribution is 6.81. The van der Waals surface area contributed by atoms with Crippen molar-refractivity contribution in [3.05, 3.63) is 11.3 Å². The summed E-state index contributed by atoms with van der Waals surface area (Å²) < 4.78 is 0. The van der Waals surface area contributed by atoms with E-state index in [1.807, 2.05) is 6.92 Å². The first-order valence-corrected chi connectivity index (χ1v) is 12.2. The van der Waals surface area contributed by atoms with Gasteiger partial charge in [-0.1, -0.05) is 44.8 Å². The van der Waals surface area contributed by atoms with Gasteiger partial charge in [-0.05, 0) is 37.0 Å². The molecular weight excluding hydrogens is 292 g/mol. The minimum absolute atomic E-state index is 0.169. The van der Waals surface area contributed by atoms with Crippen molar-refractivity contribution in [1.29, 1.82) is 0 Å². The third-order valence-electron chi connectivity index (χ3n) is 4.71. The average molecular weight is 325 g/mol. The number of Topliss-reactive ketones (excluding diaryl/α,β-unsaturated/α-hetero) is 1. The molecule has 1 aliphatic carbocycles. The van der Waals surface area contributed by atoms with Gasteiger partial charge in [0, 0.05) is 12.8 Å². The molecule has 3 atom stereocenters. The first-order valence-electron chi connectivity index (χ1n) is 8.60. The predicted molar refractivity (Wildman–Crippen MR) is 93.6 cm³/mol. The summed E-state index contributed by atoms with van der Waals surface area (Å²) in [6.45, 7) is 11.1. The van der Waals surface area contributed by atoms with Gasteiger partial charge < -0.3 is 5.11 Å². The van der Waals surface area contributed by atoms with E-state index in [-0.39, 0.29) is 12.3 Å². The number of allylic oxidation sites excluding steroid dienone is 1. The Hall–Kier alpha value is -0.903. The summed E-state index contributed by atoms with van der Waals surface area (Å²) in [4.78, 5) is 22.9. The summed E-state index contributed by atoms with van der Waals surface area (Å²) in [6, 6.07) is 0. The summed E-state index contributed by atoms with van der Waals surface area (Å²) in [5, 5.41) is 9.22. The van der Waals surface area contributed by atoms with Crippen molar-refractivity contribution in [2.75, 3.05) is 0 Å². The lowest BCUT2D eigenvalue weighted by molar-refractivity contribution is -0.138. The van der Waals surface area contributed by atoms with Crippen LogP contribution in [-0.4, -0.2) is 24.9 Å². The Morgan fingerprint density at radius 1 is 1.27 bits per heavy atom. The van der Waals surface area contributed by atoms with Crippen LogP contribution in [0.2, 0.25) is 19.6 Å². The maximum Gasteiger partial charge on any atom is 0.303 e. The lowest BCUT2D eigenvalue weighted by Crippen LogP contribution is -2.31. The van der Waals surface area contributed by atoms with Crippen molar-refractivity contribution in [3.8, 4) is 0 Å². The van der Waals surface area contributed by atoms with Crippen LogP contribution >= 0.6 is 0 Å². The van der Waals surface area contributed by atoms with Gasteiger partial charge in [0.1, 0.15) is 5.78 Å². The summed E-state index contributed by atoms with van der Waals surface area (Å²) in [5.41, 5.74) is 3.77. The standard InChI is InChI=1S/C18H32O3Si/c1-6-15(19)9-10-16-13(2)7-8-14(11-18(20)21)17(16)12-22(3,4)5/h12-14,16H,6-11H2,1-5H3,(H,20,21)/b17-12-/t13-,14+,16+/m1/s1. The third-order valence-corrected chi connectivity index (χ3v) is 5.91. The molecule has 3 nitrogen and oxygen atoms in total. The maximum absolute atomic E-state index is 11.7. The van der Waals surface area contributed by atoms with E-state index in [0.717, 1.165) is 19.3 Å². The van der Waals surface area contributed by atoms with Crippen molar-refractivity contribution >= 4 is 19.8 Å². The molecule has 126 valence electrons. The number of ketones is 1. The largest absolute Gasteiger partial charge is 0.481 e. The monoisotopic (exact) mass is 324 g/mol. The van der Waals surface area contributed by atoms with Gasteiger partial charge in [0.15, 0.2) is 0 Å². The van der Waals surface area contributed by atoms with Crippen molar-refractivity contribution in [1.82, 2.24) is 0 Å². The molecule has 0 saturated heterocycles. The second-order valence-electron chi connectivity index (χ2n) is 7.90. The zero-order valence-corrected chi connectivity index (χ0v) is 15.8. The molecule has 1 fully saturated rings. The first-order chi connectivity index (χ1) is 10.1. The van der Waals surface area contributed by atoms with Crippen LogP contribution in [0.5, 0.6) is 0 Å². The highest BCUT2D eigenvalue weighted by Gasteiger charge is 2.34. The Morgan fingerprint density at radius 2 is 1.91 bits per heavy atom. The molecule has 1 aliphatic rings. The quantitative estimate of drug-likeness (QED) is 0.691. The molecule has 0 amide bonds. The van der Waals surface area contributed by atoms with E-state index in [9.17, 15) is 14.7 Å². The molecule has 0 unspecified atom stereocenters. The average Bonchev–Trinajstić information content (AvgIpc) is 2.39. The Morgan fingerprint density at radius 3 is 2.41 bits per heavy atom. The number of carboxylic acids is 1. The Balaban J connectivity index is 3.02. The molecule has 0 aromatic rings. The number of rotatable bonds is 7. The van der Waals surface area contributed by atoms with Crippen LogP contribution in [-0.2, 0) is 9.59 Å². The molecule has 1 rings (SSSR count). The minimum atomic E-state index is -1.41. The van der Waals surface area contributed by atoms with Gasteiger partial charge in [-0.2, -0.15) is 0 Å². The second-order valence-corrected chi connectivity index (χ2v) is 12.9. The van der Waals surface area contributed by atoms with Gasteiger partial charge in [0.05, 0.1) is 14.5 Å². The Labute approximate surface area is 136 Å². The SMILES string of the molecule is CCC(=O)CC[C@@H]1/C(=C\[Si](C)(C)C)[C@H](CC(=O)O)CC[C@H]1C. The predicted octanol–water partition coefficient (Wildman–Crippen LogP) is 4.69. The molecule has 1 N–H and O–H groups in total. The van der Waals surface area contributed by atoms with E-state index in [2.05, 4.69) is 32.3 Å². The van der Waals surface area contributed by atoms with E-state index in [1.54, 1.807) is 0 Å². The Bertz CT molecular complexity index is 434. The number of hydrogen-bond donors (Lipinski definition) is 1. The van der Waals surface area contributed by atoms with Crippen molar-refractivity contribution < 1.29 is 14.7 Å². The highest BCUT2D eigenvalue weighted by Crippen LogP contribution is 2.43. The maximum atomic E-state index is 11.7. The molecule has 0 aromatic carbocycles. The van der Waals surface area contributed by atoms with Gasteiger partial charge >= 0.3 is 5.97 Å². The van der Waals surface area contributed by atoms with Crippen LogP contribution in [0.25, 0.3) is 0 Å². The lowest BCUT2D eigenvalue weighted by Gasteiger charge is -2.38. The van der Waals surface area contributed by atoms with E-state index >= 15 is 0 Å². The summed E-state index contributed by atoms with van der Waals surface area (Å²) in [6.07, 6.45) is 4.41. The van der Waals surface area contributed by atoms with Crippen molar-refractivity contribution in [2.24, 2.45) is 17.8 Å². The van der Waals surface area contributed by atoms with Crippen molar-refractivity contribution in [2.45, 2.75) is 72.0 Å². The summed E-state index contributed by atoms with van der Waals surface area (Å²) in [7, 11) is -1.41. The highest BCUT2D eigenvalue weighted by atomic mass is 28.3. The molecule has 1 saturated carbocycles. The van der Waals surface area contributed by atoms with Gasteiger partial charge in [-0.15, -0.1) is 0 Å². The van der Waals surface area contributed by atoms with Gasteiger partial charge in [0.2, 0.25) is 0 Å². The topological polar surface area (TPSA) is 54.4 Å². The fourth-order valence-corrected chi connectivity index (χ4v) is 5.01. The number of carboxylic acid groups (broad SMARTS) is 1. The van der Waals surface area contributed by atoms with E-state index in [0.29, 0.717) is 30.5 Å². The first kappa shape index (κ1) is 19.1. The molecule has 0 spiro atoms. The smallest absolute Gasteiger partial charge is 0.303 e. The van der Waals surface area contributed by atoms with E-state index in [1.165, 1.54) is 5.57 Å². The normalized spacial score (nSPS) is 27.9. The minimum Gasteiger partial charge on any atom is -0.481 e. The van der Waals surface area contributed by atoms with Crippen molar-refractivity contribution in [3.63, 3.8) is 0 Å². The van der Waals surface area contributed by atoms with Gasteiger partial charge in [0.25, 0.3) is 0 Å². The van der Waals surface area contributed by atoms with Gasteiger partial charge in [-0.3, -0.25) is 9.59 Å². The molecule has 0 heterocycles. The Kier molecular flexibility index (Phi) is 7.04. The number of carbonyl (C=O) groups excluding carboxylic acids is 1. The van der Waals surface area contributed by atoms with Crippen LogP contribution in [0.4, 0.5) is 0 Å². The fraction of sp³-hybridized carbons (Fsp3) is 0.778. The van der Waals surface area contributed by atoms with Crippen LogP contribution in [0.3, 0.4) is 0 Å². The zero-order chi connectivity index (χ0) is 16.9. The second kappa shape index (κ2) is 8.09. The molecule has 0 aliphatic heterocycles. The summed E-state index contributed by atoms with van der Waals surface area (Å²) >= 11 is 0. The molecular formula is C18H32O3Si. The number of carbonyl (C=O) groups is 2. The fourth-order valence-electron chi connectivity index (χ4n) is 3.56. The van der Waals surface area contributed by atoms with Gasteiger partial charge in [-0.25, -0.2) is 0 Å². The molecule has 4 heteroatoms. The third kappa shape index (κ3) is 6.07. The molecule has 22 heavy (non-hydrogen) atoms. The lowest BCUT2D eigenvalue weighted by atomic mass is 9.69. The molecule has 0 bridgehead atoms. The van der Waals surface area contributed by atoms with Crippen LogP contribution in [0.15, 0.2) is 11.3 Å². The van der Waals surface area contributed by atoms with Crippen LogP contribution in [0.1, 0.15) is 52.4 Å². The zero-order valence-electron chi connectivity index (χ0n) is 14.8. The summed E-state index contributed by atoms with van der Waals surface area (Å²) in [5.74, 6) is 0.726. The number of hydrogen-bond acceptors (Lipinski definition) is 2. The molecule has 0 radical (unpaired) electrons. The molecule has 0 aromatic heterocycles. The van der Waals surface area contributed by atoms with E-state index < -0.39 is 14.0 Å². The van der Waals surface area contributed by atoms with Crippen LogP contribution < -0.4 is 0 Å². The van der Waals surface area contributed by atoms with Crippen LogP contribution in [0, 0.1) is 17.8 Å². The van der Waals surface area contributed by atoms with E-state index in [4.69, 9.17) is 0 Å². The number of aliphatic carboxylic acids is 1.